The van der Waals surface area contributed by atoms with Gasteiger partial charge >= 0.3 is 0 Å². The number of hydrogen-bond acceptors (Lipinski definition) is 2. The van der Waals surface area contributed by atoms with Crippen LogP contribution >= 0.6 is 0 Å². The van der Waals surface area contributed by atoms with Gasteiger partial charge in [-0.2, -0.15) is 0 Å². The molecule has 2 rings (SSSR count). The molecule has 0 bridgehead atoms. The van der Waals surface area contributed by atoms with Gasteiger partial charge in [-0.05, 0) is 12.0 Å². The van der Waals surface area contributed by atoms with Crippen LogP contribution in [0.15, 0.2) is 42.7 Å². The quantitative estimate of drug-likeness (QED) is 0.807. The first-order chi connectivity index (χ1) is 7.42. The van der Waals surface area contributed by atoms with E-state index < -0.39 is 0 Å². The summed E-state index contributed by atoms with van der Waals surface area (Å²) in [5.74, 6) is 0. The van der Waals surface area contributed by atoms with Crippen LogP contribution in [0, 0.1) is 0 Å². The van der Waals surface area contributed by atoms with E-state index in [-0.39, 0.29) is 0 Å². The molecule has 0 aromatic heterocycles. The van der Waals surface area contributed by atoms with E-state index in [2.05, 4.69) is 53.7 Å². The molecule has 1 heterocycles. The van der Waals surface area contributed by atoms with Crippen molar-refractivity contribution in [3.8, 4) is 0 Å². The molecule has 2 nitrogen and oxygen atoms in total. The van der Waals surface area contributed by atoms with Crippen LogP contribution in [0.3, 0.4) is 0 Å². The second-order valence-corrected chi connectivity index (χ2v) is 3.91. The predicted octanol–water partition coefficient (Wildman–Crippen LogP) is 2.86. The summed E-state index contributed by atoms with van der Waals surface area (Å²) >= 11 is 0. The van der Waals surface area contributed by atoms with Gasteiger partial charge in [-0.3, -0.25) is 0 Å². The summed E-state index contributed by atoms with van der Waals surface area (Å²) in [5, 5.41) is 3.23. The van der Waals surface area contributed by atoms with Gasteiger partial charge in [0.1, 0.15) is 0 Å². The van der Waals surface area contributed by atoms with Crippen LogP contribution in [0.25, 0.3) is 0 Å². The first-order valence-corrected chi connectivity index (χ1v) is 5.62. The number of benzene rings is 1. The van der Waals surface area contributed by atoms with Gasteiger partial charge in [-0.15, -0.1) is 0 Å². The van der Waals surface area contributed by atoms with Crippen molar-refractivity contribution >= 4 is 0 Å². The highest BCUT2D eigenvalue weighted by Crippen LogP contribution is 2.26. The van der Waals surface area contributed by atoms with Crippen LogP contribution in [-0.2, 0) is 0 Å². The fraction of sp³-hybridized carbons (Fsp3) is 0.385. The van der Waals surface area contributed by atoms with Crippen molar-refractivity contribution in [3.05, 3.63) is 48.3 Å². The Balaban J connectivity index is 2.15. The van der Waals surface area contributed by atoms with Crippen LogP contribution in [0.4, 0.5) is 0 Å². The van der Waals surface area contributed by atoms with E-state index in [1.165, 1.54) is 18.4 Å². The molecule has 1 aromatic carbocycles. The predicted molar refractivity (Wildman–Crippen MR) is 63.1 cm³/mol. The topological polar surface area (TPSA) is 15.3 Å². The molecule has 1 aliphatic heterocycles. The van der Waals surface area contributed by atoms with Gasteiger partial charge in [0.05, 0.1) is 12.7 Å². The Labute approximate surface area is 91.6 Å². The van der Waals surface area contributed by atoms with Crippen LogP contribution in [0.1, 0.15) is 31.4 Å². The molecular formula is C13H18N2. The zero-order valence-corrected chi connectivity index (χ0v) is 9.19. The van der Waals surface area contributed by atoms with Gasteiger partial charge in [0.2, 0.25) is 0 Å². The van der Waals surface area contributed by atoms with Crippen molar-refractivity contribution in [2.24, 2.45) is 0 Å². The molecule has 0 saturated heterocycles. The van der Waals surface area contributed by atoms with E-state index in [1.807, 2.05) is 6.20 Å². The molecule has 0 saturated carbocycles. The van der Waals surface area contributed by atoms with Crippen LogP contribution in [0.5, 0.6) is 0 Å². The lowest BCUT2D eigenvalue weighted by Crippen LogP contribution is -2.25. The van der Waals surface area contributed by atoms with Crippen molar-refractivity contribution in [2.75, 3.05) is 6.67 Å². The number of rotatable bonds is 4. The van der Waals surface area contributed by atoms with E-state index >= 15 is 0 Å². The first-order valence-electron chi connectivity index (χ1n) is 5.62. The molecule has 1 aromatic rings. The Hall–Kier alpha value is -1.44. The largest absolute Gasteiger partial charge is 0.373 e. The maximum atomic E-state index is 3.23. The maximum Gasteiger partial charge on any atom is 0.0873 e. The van der Waals surface area contributed by atoms with Crippen molar-refractivity contribution < 1.29 is 0 Å². The monoisotopic (exact) mass is 202 g/mol. The van der Waals surface area contributed by atoms with E-state index in [1.54, 1.807) is 0 Å². The SMILES string of the molecule is CCCC(c1ccccc1)N1C=CNC1. The minimum atomic E-state index is 0.516. The number of hydrogen-bond donors (Lipinski definition) is 1. The molecule has 1 aliphatic rings. The highest BCUT2D eigenvalue weighted by Gasteiger charge is 2.17. The summed E-state index contributed by atoms with van der Waals surface area (Å²) in [6, 6.07) is 11.3. The van der Waals surface area contributed by atoms with Crippen LogP contribution in [0.2, 0.25) is 0 Å². The fourth-order valence-corrected chi connectivity index (χ4v) is 2.05. The summed E-state index contributed by atoms with van der Waals surface area (Å²) in [7, 11) is 0. The minimum absolute atomic E-state index is 0.516. The molecule has 0 amide bonds. The van der Waals surface area contributed by atoms with Gasteiger partial charge in [0.25, 0.3) is 0 Å². The van der Waals surface area contributed by atoms with Gasteiger partial charge in [-0.1, -0.05) is 43.7 Å². The molecule has 0 radical (unpaired) electrons. The molecule has 0 aliphatic carbocycles. The molecule has 1 unspecified atom stereocenters. The van der Waals surface area contributed by atoms with E-state index in [0.29, 0.717) is 6.04 Å². The van der Waals surface area contributed by atoms with Gasteiger partial charge < -0.3 is 10.2 Å². The third-order valence-corrected chi connectivity index (χ3v) is 2.80. The summed E-state index contributed by atoms with van der Waals surface area (Å²) < 4.78 is 0. The Morgan fingerprint density at radius 1 is 1.33 bits per heavy atom. The molecule has 0 fully saturated rings. The molecule has 1 atom stereocenters. The summed E-state index contributed by atoms with van der Waals surface area (Å²) in [6.07, 6.45) is 6.58. The smallest absolute Gasteiger partial charge is 0.0873 e. The fourth-order valence-electron chi connectivity index (χ4n) is 2.05. The van der Waals surface area contributed by atoms with E-state index in [0.717, 1.165) is 6.67 Å². The highest BCUT2D eigenvalue weighted by atomic mass is 15.3. The maximum absolute atomic E-state index is 3.23. The summed E-state index contributed by atoms with van der Waals surface area (Å²) in [6.45, 7) is 3.17. The van der Waals surface area contributed by atoms with Crippen molar-refractivity contribution in [1.29, 1.82) is 0 Å². The van der Waals surface area contributed by atoms with Crippen molar-refractivity contribution in [3.63, 3.8) is 0 Å². The van der Waals surface area contributed by atoms with Crippen LogP contribution in [-0.4, -0.2) is 11.6 Å². The lowest BCUT2D eigenvalue weighted by Gasteiger charge is -2.27. The number of nitrogens with one attached hydrogen (secondary N) is 1. The molecular weight excluding hydrogens is 184 g/mol. The lowest BCUT2D eigenvalue weighted by atomic mass is 10.0. The van der Waals surface area contributed by atoms with Gasteiger partial charge in [-0.25, -0.2) is 0 Å². The Bertz CT molecular complexity index is 319. The van der Waals surface area contributed by atoms with Gasteiger partial charge in [0.15, 0.2) is 0 Å². The molecule has 0 spiro atoms. The summed E-state index contributed by atoms with van der Waals surface area (Å²) in [4.78, 5) is 2.36. The lowest BCUT2D eigenvalue weighted by molar-refractivity contribution is 0.275. The van der Waals surface area contributed by atoms with Gasteiger partial charge in [0, 0.05) is 12.4 Å². The van der Waals surface area contributed by atoms with E-state index in [9.17, 15) is 0 Å². The summed E-state index contributed by atoms with van der Waals surface area (Å²) in [5.41, 5.74) is 1.41. The zero-order valence-electron chi connectivity index (χ0n) is 9.19. The van der Waals surface area contributed by atoms with Crippen molar-refractivity contribution in [2.45, 2.75) is 25.8 Å². The minimum Gasteiger partial charge on any atom is -0.373 e. The highest BCUT2D eigenvalue weighted by molar-refractivity contribution is 5.20. The zero-order chi connectivity index (χ0) is 10.5. The Morgan fingerprint density at radius 2 is 2.13 bits per heavy atom. The second-order valence-electron chi connectivity index (χ2n) is 3.91. The third kappa shape index (κ3) is 2.32. The normalized spacial score (nSPS) is 16.5. The molecule has 15 heavy (non-hydrogen) atoms. The van der Waals surface area contributed by atoms with E-state index in [4.69, 9.17) is 0 Å². The third-order valence-electron chi connectivity index (χ3n) is 2.80. The standard InChI is InChI=1S/C13H18N2/c1-2-6-13(15-10-9-14-11-15)12-7-4-3-5-8-12/h3-5,7-10,13-14H,2,6,11H2,1H3. The molecule has 80 valence electrons. The first kappa shape index (κ1) is 10.1. The average molecular weight is 202 g/mol. The molecule has 2 heteroatoms. The molecule has 1 N–H and O–H groups in total. The Kier molecular flexibility index (Phi) is 3.28. The Morgan fingerprint density at radius 3 is 2.73 bits per heavy atom. The van der Waals surface area contributed by atoms with Crippen molar-refractivity contribution in [1.82, 2.24) is 10.2 Å². The average Bonchev–Trinajstić information content (AvgIpc) is 2.80. The second kappa shape index (κ2) is 4.87. The number of nitrogens with zero attached hydrogens (tertiary/aromatic N) is 1. The van der Waals surface area contributed by atoms with Crippen LogP contribution < -0.4 is 5.32 Å².